The lowest BCUT2D eigenvalue weighted by Crippen LogP contribution is -2.28. The lowest BCUT2D eigenvalue weighted by Gasteiger charge is -2.12. The number of nitrogens with two attached hydrogens (primary N) is 1. The Kier molecular flexibility index (Phi) is 4.89. The van der Waals surface area contributed by atoms with Crippen LogP contribution < -0.4 is 11.1 Å². The van der Waals surface area contributed by atoms with E-state index in [2.05, 4.69) is 15.3 Å². The number of fused-ring (bicyclic) bond motifs is 1. The summed E-state index contributed by atoms with van der Waals surface area (Å²) in [7, 11) is 0. The van der Waals surface area contributed by atoms with Crippen LogP contribution in [0.3, 0.4) is 0 Å². The number of carbonyl (C=O) groups is 2. The van der Waals surface area contributed by atoms with Crippen molar-refractivity contribution >= 4 is 28.4 Å². The van der Waals surface area contributed by atoms with Crippen molar-refractivity contribution in [3.8, 4) is 0 Å². The van der Waals surface area contributed by atoms with Crippen LogP contribution in [0.25, 0.3) is 16.5 Å². The standard InChI is InChI=1S/C19H18N4O4/c1-10-6-12-8-15(27-16(12)13(7-10)19(25)26)11(2)23-18(24)14(9-20)17-21-4-3-5-22-17/h3-9,11H,20H2,1-2H3,(H,23,24)(H,25,26)/b14-9+. The maximum atomic E-state index is 12.5. The average molecular weight is 366 g/mol. The first-order chi connectivity index (χ1) is 12.9. The van der Waals surface area contributed by atoms with Gasteiger partial charge in [0, 0.05) is 24.0 Å². The maximum absolute atomic E-state index is 12.5. The second-order valence-electron chi connectivity index (χ2n) is 6.03. The van der Waals surface area contributed by atoms with E-state index in [0.717, 1.165) is 11.8 Å². The number of rotatable bonds is 5. The van der Waals surface area contributed by atoms with E-state index in [-0.39, 0.29) is 22.5 Å². The second-order valence-corrected chi connectivity index (χ2v) is 6.03. The van der Waals surface area contributed by atoms with E-state index in [1.165, 1.54) is 12.4 Å². The van der Waals surface area contributed by atoms with Gasteiger partial charge in [-0.25, -0.2) is 14.8 Å². The number of aromatic nitrogens is 2. The Bertz CT molecular complexity index is 1040. The molecule has 1 atom stereocenters. The van der Waals surface area contributed by atoms with Gasteiger partial charge in [-0.05, 0) is 43.7 Å². The van der Waals surface area contributed by atoms with Crippen molar-refractivity contribution < 1.29 is 19.1 Å². The molecular formula is C19H18N4O4. The van der Waals surface area contributed by atoms with Crippen LogP contribution in [-0.4, -0.2) is 27.0 Å². The second kappa shape index (κ2) is 7.28. The summed E-state index contributed by atoms with van der Waals surface area (Å²) in [5.74, 6) is -0.906. The first-order valence-corrected chi connectivity index (χ1v) is 8.18. The third kappa shape index (κ3) is 3.64. The van der Waals surface area contributed by atoms with E-state index in [1.807, 2.05) is 13.0 Å². The lowest BCUT2D eigenvalue weighted by molar-refractivity contribution is -0.116. The number of aryl methyl sites for hydroxylation is 1. The first-order valence-electron chi connectivity index (χ1n) is 8.18. The molecule has 8 heteroatoms. The van der Waals surface area contributed by atoms with Gasteiger partial charge in [0.15, 0.2) is 5.82 Å². The van der Waals surface area contributed by atoms with Crippen molar-refractivity contribution in [1.29, 1.82) is 0 Å². The van der Waals surface area contributed by atoms with Gasteiger partial charge in [0.2, 0.25) is 0 Å². The molecule has 27 heavy (non-hydrogen) atoms. The average Bonchev–Trinajstić information content (AvgIpc) is 3.06. The lowest BCUT2D eigenvalue weighted by atomic mass is 10.1. The number of nitrogens with zero attached hydrogens (tertiary/aromatic N) is 2. The molecule has 0 aliphatic carbocycles. The van der Waals surface area contributed by atoms with Crippen molar-refractivity contribution in [2.45, 2.75) is 19.9 Å². The summed E-state index contributed by atoms with van der Waals surface area (Å²) in [4.78, 5) is 32.0. The molecule has 1 unspecified atom stereocenters. The monoisotopic (exact) mass is 366 g/mol. The Morgan fingerprint density at radius 2 is 1.96 bits per heavy atom. The van der Waals surface area contributed by atoms with Crippen LogP contribution in [0.1, 0.15) is 40.5 Å². The fourth-order valence-corrected chi connectivity index (χ4v) is 2.73. The number of hydrogen-bond donors (Lipinski definition) is 3. The molecule has 3 aromatic rings. The van der Waals surface area contributed by atoms with Gasteiger partial charge in [0.25, 0.3) is 5.91 Å². The Labute approximate surface area is 154 Å². The Morgan fingerprint density at radius 3 is 2.59 bits per heavy atom. The van der Waals surface area contributed by atoms with Gasteiger partial charge in [0.1, 0.15) is 16.9 Å². The summed E-state index contributed by atoms with van der Waals surface area (Å²) in [5, 5.41) is 12.8. The highest BCUT2D eigenvalue weighted by Crippen LogP contribution is 2.28. The van der Waals surface area contributed by atoms with Crippen molar-refractivity contribution in [2.75, 3.05) is 0 Å². The number of carbonyl (C=O) groups excluding carboxylic acids is 1. The molecule has 0 bridgehead atoms. The molecule has 0 spiro atoms. The van der Waals surface area contributed by atoms with Crippen molar-refractivity contribution in [1.82, 2.24) is 15.3 Å². The number of furan rings is 1. The summed E-state index contributed by atoms with van der Waals surface area (Å²) in [6, 6.07) is 6.19. The van der Waals surface area contributed by atoms with Gasteiger partial charge in [-0.2, -0.15) is 0 Å². The van der Waals surface area contributed by atoms with Crippen LogP contribution in [0, 0.1) is 6.92 Å². The zero-order valence-electron chi connectivity index (χ0n) is 14.8. The van der Waals surface area contributed by atoms with Crippen LogP contribution in [0.5, 0.6) is 0 Å². The number of carboxylic acid groups (broad SMARTS) is 1. The van der Waals surface area contributed by atoms with Gasteiger partial charge in [-0.3, -0.25) is 4.79 Å². The summed E-state index contributed by atoms with van der Waals surface area (Å²) in [5.41, 5.74) is 6.84. The predicted octanol–water partition coefficient (Wildman–Crippen LogP) is 2.41. The zero-order chi connectivity index (χ0) is 19.6. The summed E-state index contributed by atoms with van der Waals surface area (Å²) in [6.07, 6.45) is 4.16. The quantitative estimate of drug-likeness (QED) is 0.591. The Hall–Kier alpha value is -3.68. The molecule has 0 aliphatic heterocycles. The van der Waals surface area contributed by atoms with Gasteiger partial charge in [-0.1, -0.05) is 0 Å². The topological polar surface area (TPSA) is 131 Å². The summed E-state index contributed by atoms with van der Waals surface area (Å²) < 4.78 is 5.72. The number of hydrogen-bond acceptors (Lipinski definition) is 6. The number of aromatic carboxylic acids is 1. The zero-order valence-corrected chi connectivity index (χ0v) is 14.8. The summed E-state index contributed by atoms with van der Waals surface area (Å²) >= 11 is 0. The van der Waals surface area contributed by atoms with E-state index >= 15 is 0 Å². The molecule has 0 radical (unpaired) electrons. The largest absolute Gasteiger partial charge is 0.478 e. The molecule has 0 saturated carbocycles. The maximum Gasteiger partial charge on any atom is 0.339 e. The number of amides is 1. The third-order valence-electron chi connectivity index (χ3n) is 4.00. The predicted molar refractivity (Wildman–Crippen MR) is 98.7 cm³/mol. The molecule has 3 rings (SSSR count). The van der Waals surface area contributed by atoms with Crippen LogP contribution >= 0.6 is 0 Å². The molecule has 0 saturated heterocycles. The minimum Gasteiger partial charge on any atom is -0.478 e. The fourth-order valence-electron chi connectivity index (χ4n) is 2.73. The van der Waals surface area contributed by atoms with E-state index in [0.29, 0.717) is 11.1 Å². The highest BCUT2D eigenvalue weighted by Gasteiger charge is 2.21. The van der Waals surface area contributed by atoms with Crippen LogP contribution in [0.2, 0.25) is 0 Å². The Morgan fingerprint density at radius 1 is 1.26 bits per heavy atom. The normalized spacial score (nSPS) is 12.7. The van der Waals surface area contributed by atoms with Gasteiger partial charge < -0.3 is 20.6 Å². The molecule has 1 amide bonds. The molecule has 0 aliphatic rings. The molecule has 0 fully saturated rings. The number of nitrogens with one attached hydrogen (secondary N) is 1. The van der Waals surface area contributed by atoms with Crippen LogP contribution in [-0.2, 0) is 4.79 Å². The van der Waals surface area contributed by atoms with Crippen LogP contribution in [0.15, 0.2) is 47.3 Å². The van der Waals surface area contributed by atoms with Gasteiger partial charge >= 0.3 is 5.97 Å². The van der Waals surface area contributed by atoms with E-state index in [1.54, 1.807) is 25.1 Å². The van der Waals surface area contributed by atoms with Gasteiger partial charge in [-0.15, -0.1) is 0 Å². The van der Waals surface area contributed by atoms with Crippen molar-refractivity contribution in [2.24, 2.45) is 5.73 Å². The first kappa shape index (κ1) is 18.1. The molecule has 1 aromatic carbocycles. The smallest absolute Gasteiger partial charge is 0.339 e. The van der Waals surface area contributed by atoms with Crippen molar-refractivity contribution in [3.63, 3.8) is 0 Å². The van der Waals surface area contributed by atoms with Crippen LogP contribution in [0.4, 0.5) is 0 Å². The number of carboxylic acids is 1. The number of benzene rings is 1. The SMILES string of the molecule is Cc1cc(C(=O)O)c2oc(C(C)NC(=O)/C(=C/N)c3ncccn3)cc2c1. The highest BCUT2D eigenvalue weighted by molar-refractivity contribution is 6.18. The fraction of sp³-hybridized carbons (Fsp3) is 0.158. The van der Waals surface area contributed by atoms with E-state index in [4.69, 9.17) is 10.2 Å². The molecule has 138 valence electrons. The third-order valence-corrected chi connectivity index (χ3v) is 4.00. The minimum absolute atomic E-state index is 0.0787. The van der Waals surface area contributed by atoms with E-state index < -0.39 is 17.9 Å². The molecule has 2 heterocycles. The Balaban J connectivity index is 1.88. The highest BCUT2D eigenvalue weighted by atomic mass is 16.4. The minimum atomic E-state index is -1.07. The molecule has 8 nitrogen and oxygen atoms in total. The molecule has 2 aromatic heterocycles. The van der Waals surface area contributed by atoms with Gasteiger partial charge in [0.05, 0.1) is 11.6 Å². The molecular weight excluding hydrogens is 348 g/mol. The van der Waals surface area contributed by atoms with Crippen molar-refractivity contribution in [3.05, 3.63) is 65.6 Å². The molecule has 4 N–H and O–H groups in total. The van der Waals surface area contributed by atoms with E-state index in [9.17, 15) is 14.7 Å². The summed E-state index contributed by atoms with van der Waals surface area (Å²) in [6.45, 7) is 3.53.